The topological polar surface area (TPSA) is 61.3 Å². The number of aliphatic hydroxyl groups excluding tert-OH is 1. The van der Waals surface area contributed by atoms with Crippen molar-refractivity contribution >= 4 is 5.82 Å². The Hall–Kier alpha value is -1.46. The van der Waals surface area contributed by atoms with Crippen molar-refractivity contribution in [2.75, 3.05) is 24.6 Å². The second kappa shape index (κ2) is 6.47. The molecule has 0 spiro atoms. The third-order valence-electron chi connectivity index (χ3n) is 2.88. The zero-order valence-corrected chi connectivity index (χ0v) is 10.5. The van der Waals surface area contributed by atoms with Crippen LogP contribution in [0.5, 0.6) is 0 Å². The van der Waals surface area contributed by atoms with E-state index in [1.54, 1.807) is 18.5 Å². The number of anilines is 1. The van der Waals surface area contributed by atoms with E-state index in [2.05, 4.69) is 21.9 Å². The van der Waals surface area contributed by atoms with Crippen LogP contribution in [-0.4, -0.2) is 40.8 Å². The summed E-state index contributed by atoms with van der Waals surface area (Å²) in [4.78, 5) is 10.7. The average molecular weight is 248 g/mol. The molecule has 1 saturated carbocycles. The fraction of sp³-hybridized carbons (Fsp3) is 0.538. The molecule has 1 heterocycles. The highest BCUT2D eigenvalue weighted by molar-refractivity contribution is 5.36. The summed E-state index contributed by atoms with van der Waals surface area (Å²) in [5.74, 6) is 0.777. The summed E-state index contributed by atoms with van der Waals surface area (Å²) in [6, 6.07) is 0.679. The van der Waals surface area contributed by atoms with Crippen molar-refractivity contribution in [2.24, 2.45) is 0 Å². The lowest BCUT2D eigenvalue weighted by molar-refractivity contribution is 0.302. The normalized spacial score (nSPS) is 14.5. The van der Waals surface area contributed by atoms with Gasteiger partial charge in [0.25, 0.3) is 0 Å². The molecule has 2 rings (SSSR count). The number of nitrogens with zero attached hydrogens (tertiary/aromatic N) is 3. The zero-order chi connectivity index (χ0) is 12.8. The molecule has 1 aliphatic rings. The van der Waals surface area contributed by atoms with Crippen LogP contribution in [0.2, 0.25) is 0 Å². The van der Waals surface area contributed by atoms with Crippen LogP contribution in [-0.2, 0) is 6.54 Å². The van der Waals surface area contributed by atoms with Crippen molar-refractivity contribution in [2.45, 2.75) is 25.4 Å². The third kappa shape index (κ3) is 3.78. The van der Waals surface area contributed by atoms with Gasteiger partial charge >= 0.3 is 0 Å². The maximum atomic E-state index is 9.00. The minimum atomic E-state index is 0.0977. The van der Waals surface area contributed by atoms with Crippen LogP contribution in [0, 0.1) is 0 Å². The zero-order valence-electron chi connectivity index (χ0n) is 10.5. The maximum absolute atomic E-state index is 9.00. The SMILES string of the molecule is C=CCN(CCO)c1cnc(CNC2CC2)cn1. The molecule has 1 fully saturated rings. The van der Waals surface area contributed by atoms with Gasteiger partial charge in [0.05, 0.1) is 24.7 Å². The number of hydrogen-bond acceptors (Lipinski definition) is 5. The number of aromatic nitrogens is 2. The molecule has 1 aliphatic carbocycles. The van der Waals surface area contributed by atoms with E-state index in [-0.39, 0.29) is 6.61 Å². The van der Waals surface area contributed by atoms with Crippen molar-refractivity contribution in [3.8, 4) is 0 Å². The van der Waals surface area contributed by atoms with Gasteiger partial charge in [-0.3, -0.25) is 4.98 Å². The fourth-order valence-electron chi connectivity index (χ4n) is 1.71. The summed E-state index contributed by atoms with van der Waals surface area (Å²) in [6.07, 6.45) is 7.88. The van der Waals surface area contributed by atoms with E-state index in [0.717, 1.165) is 18.1 Å². The summed E-state index contributed by atoms with van der Waals surface area (Å²) in [7, 11) is 0. The van der Waals surface area contributed by atoms with E-state index in [0.29, 0.717) is 19.1 Å². The molecule has 98 valence electrons. The van der Waals surface area contributed by atoms with E-state index in [1.165, 1.54) is 12.8 Å². The molecule has 0 amide bonds. The highest BCUT2D eigenvalue weighted by Crippen LogP contribution is 2.19. The molecule has 0 aliphatic heterocycles. The minimum absolute atomic E-state index is 0.0977. The Bertz CT molecular complexity index is 375. The van der Waals surface area contributed by atoms with Crippen LogP contribution in [0.15, 0.2) is 25.0 Å². The predicted octanol–water partition coefficient (Wildman–Crippen LogP) is 0.713. The van der Waals surface area contributed by atoms with Gasteiger partial charge in [0.15, 0.2) is 0 Å². The fourth-order valence-corrected chi connectivity index (χ4v) is 1.71. The molecule has 18 heavy (non-hydrogen) atoms. The van der Waals surface area contributed by atoms with Crippen molar-refractivity contribution in [1.29, 1.82) is 0 Å². The maximum Gasteiger partial charge on any atom is 0.147 e. The Kier molecular flexibility index (Phi) is 4.66. The van der Waals surface area contributed by atoms with Gasteiger partial charge < -0.3 is 15.3 Å². The molecular formula is C13H20N4O. The van der Waals surface area contributed by atoms with Gasteiger partial charge in [0.2, 0.25) is 0 Å². The molecule has 1 aromatic heterocycles. The molecule has 0 unspecified atom stereocenters. The quantitative estimate of drug-likeness (QED) is 0.664. The Morgan fingerprint density at radius 3 is 2.83 bits per heavy atom. The molecule has 0 aromatic carbocycles. The average Bonchev–Trinajstić information content (AvgIpc) is 3.21. The van der Waals surface area contributed by atoms with Crippen LogP contribution in [0.25, 0.3) is 0 Å². The monoisotopic (exact) mass is 248 g/mol. The van der Waals surface area contributed by atoms with E-state index in [1.807, 2.05) is 4.90 Å². The van der Waals surface area contributed by atoms with Crippen LogP contribution in [0.4, 0.5) is 5.82 Å². The van der Waals surface area contributed by atoms with Gasteiger partial charge in [-0.25, -0.2) is 4.98 Å². The number of hydrogen-bond donors (Lipinski definition) is 2. The molecule has 5 nitrogen and oxygen atoms in total. The summed E-state index contributed by atoms with van der Waals surface area (Å²) in [5.41, 5.74) is 0.952. The van der Waals surface area contributed by atoms with Gasteiger partial charge in [-0.1, -0.05) is 6.08 Å². The van der Waals surface area contributed by atoms with Crippen molar-refractivity contribution in [3.63, 3.8) is 0 Å². The van der Waals surface area contributed by atoms with Crippen molar-refractivity contribution in [3.05, 3.63) is 30.7 Å². The number of aliphatic hydroxyl groups is 1. The first-order valence-corrected chi connectivity index (χ1v) is 6.34. The Morgan fingerprint density at radius 2 is 2.28 bits per heavy atom. The van der Waals surface area contributed by atoms with E-state index >= 15 is 0 Å². The lowest BCUT2D eigenvalue weighted by Gasteiger charge is -2.20. The lowest BCUT2D eigenvalue weighted by Crippen LogP contribution is -2.27. The summed E-state index contributed by atoms with van der Waals surface area (Å²) in [6.45, 7) is 5.78. The molecule has 0 saturated heterocycles. The molecule has 0 radical (unpaired) electrons. The highest BCUT2D eigenvalue weighted by atomic mass is 16.3. The smallest absolute Gasteiger partial charge is 0.147 e. The second-order valence-corrected chi connectivity index (χ2v) is 4.48. The molecular weight excluding hydrogens is 228 g/mol. The van der Waals surface area contributed by atoms with Crippen LogP contribution >= 0.6 is 0 Å². The largest absolute Gasteiger partial charge is 0.395 e. The van der Waals surface area contributed by atoms with E-state index in [9.17, 15) is 0 Å². The third-order valence-corrected chi connectivity index (χ3v) is 2.88. The predicted molar refractivity (Wildman–Crippen MR) is 71.4 cm³/mol. The van der Waals surface area contributed by atoms with Gasteiger partial charge in [-0.2, -0.15) is 0 Å². The lowest BCUT2D eigenvalue weighted by atomic mass is 10.4. The summed E-state index contributed by atoms with van der Waals surface area (Å²) < 4.78 is 0. The Balaban J connectivity index is 1.92. The van der Waals surface area contributed by atoms with Crippen molar-refractivity contribution < 1.29 is 5.11 Å². The van der Waals surface area contributed by atoms with Gasteiger partial charge in [0, 0.05) is 25.7 Å². The molecule has 2 N–H and O–H groups in total. The van der Waals surface area contributed by atoms with Gasteiger partial charge in [0.1, 0.15) is 5.82 Å². The van der Waals surface area contributed by atoms with Gasteiger partial charge in [-0.05, 0) is 12.8 Å². The van der Waals surface area contributed by atoms with Gasteiger partial charge in [-0.15, -0.1) is 6.58 Å². The second-order valence-electron chi connectivity index (χ2n) is 4.48. The molecule has 0 atom stereocenters. The standard InChI is InChI=1S/C13H20N4O/c1-2-5-17(6-7-18)13-10-15-12(9-16-13)8-14-11-3-4-11/h2,9-11,14,18H,1,3-8H2. The number of nitrogens with one attached hydrogen (secondary N) is 1. The summed E-state index contributed by atoms with van der Waals surface area (Å²) in [5, 5.41) is 12.4. The Morgan fingerprint density at radius 1 is 1.44 bits per heavy atom. The molecule has 1 aromatic rings. The summed E-state index contributed by atoms with van der Waals surface area (Å²) >= 11 is 0. The first kappa shape index (κ1) is 13.0. The minimum Gasteiger partial charge on any atom is -0.395 e. The van der Waals surface area contributed by atoms with Crippen LogP contribution in [0.3, 0.4) is 0 Å². The molecule has 0 bridgehead atoms. The van der Waals surface area contributed by atoms with Crippen LogP contribution in [0.1, 0.15) is 18.5 Å². The Labute approximate surface area is 108 Å². The number of rotatable bonds is 8. The first-order chi connectivity index (χ1) is 8.83. The highest BCUT2D eigenvalue weighted by Gasteiger charge is 2.20. The van der Waals surface area contributed by atoms with Crippen LogP contribution < -0.4 is 10.2 Å². The van der Waals surface area contributed by atoms with Crippen molar-refractivity contribution in [1.82, 2.24) is 15.3 Å². The first-order valence-electron chi connectivity index (χ1n) is 6.34. The van der Waals surface area contributed by atoms with E-state index < -0.39 is 0 Å². The van der Waals surface area contributed by atoms with E-state index in [4.69, 9.17) is 5.11 Å². The molecule has 5 heteroatoms.